The second kappa shape index (κ2) is 8.47. The molecule has 3 heterocycles. The van der Waals surface area contributed by atoms with Crippen molar-refractivity contribution >= 4 is 11.7 Å². The van der Waals surface area contributed by atoms with Crippen molar-refractivity contribution in [2.24, 2.45) is 0 Å². The van der Waals surface area contributed by atoms with Gasteiger partial charge < -0.3 is 9.15 Å². The van der Waals surface area contributed by atoms with Crippen molar-refractivity contribution in [3.05, 3.63) is 66.6 Å². The number of amides is 1. The molecule has 2 atom stereocenters. The number of allylic oxidation sites excluding steroid dienone is 5. The minimum atomic E-state index is -0.580. The molecule has 1 aliphatic carbocycles. The average Bonchev–Trinajstić information content (AvgIpc) is 3.46. The number of hydrogen-bond donors (Lipinski definition) is 1. The van der Waals surface area contributed by atoms with Crippen molar-refractivity contribution in [3.8, 4) is 5.75 Å². The number of ether oxygens (including phenoxy) is 1. The Kier molecular flexibility index (Phi) is 5.73. The number of likely N-dealkylation sites (N-methyl/N-ethyl adjacent to an activating group) is 1. The highest BCUT2D eigenvalue weighted by Gasteiger charge is 2.50. The summed E-state index contributed by atoms with van der Waals surface area (Å²) in [5.41, 5.74) is 0.687. The molecule has 2 aliphatic rings. The largest absolute Gasteiger partial charge is 0.485 e. The number of nitrogens with one attached hydrogen (secondary N) is 1. The number of carbonyl (C=O) groups excluding carboxylic acids is 1. The van der Waals surface area contributed by atoms with E-state index in [-0.39, 0.29) is 17.9 Å². The van der Waals surface area contributed by atoms with Crippen LogP contribution in [0.25, 0.3) is 0 Å². The summed E-state index contributed by atoms with van der Waals surface area (Å²) < 4.78 is 11.9. The normalized spacial score (nSPS) is 22.4. The van der Waals surface area contributed by atoms with Gasteiger partial charge in [-0.3, -0.25) is 15.0 Å². The minimum absolute atomic E-state index is 0.133. The number of aromatic nitrogens is 3. The van der Waals surface area contributed by atoms with Crippen LogP contribution in [0.5, 0.6) is 5.75 Å². The van der Waals surface area contributed by atoms with Gasteiger partial charge in [0.15, 0.2) is 11.6 Å². The van der Waals surface area contributed by atoms with Gasteiger partial charge in [0.25, 0.3) is 0 Å². The van der Waals surface area contributed by atoms with Crippen molar-refractivity contribution in [2.45, 2.75) is 50.8 Å². The van der Waals surface area contributed by atoms with Crippen LogP contribution in [0.15, 0.2) is 59.2 Å². The predicted molar refractivity (Wildman–Crippen MR) is 117 cm³/mol. The van der Waals surface area contributed by atoms with E-state index in [0.29, 0.717) is 23.3 Å². The van der Waals surface area contributed by atoms with Crippen LogP contribution in [-0.4, -0.2) is 40.3 Å². The molecule has 1 amide bonds. The summed E-state index contributed by atoms with van der Waals surface area (Å²) >= 11 is 0. The fraction of sp³-hybridized carbons (Fsp3) is 0.391. The Morgan fingerprint density at radius 3 is 2.94 bits per heavy atom. The summed E-state index contributed by atoms with van der Waals surface area (Å²) in [6, 6.07) is 3.01. The lowest BCUT2D eigenvalue weighted by Gasteiger charge is -2.22. The van der Waals surface area contributed by atoms with E-state index < -0.39 is 12.1 Å². The second-order valence-corrected chi connectivity index (χ2v) is 7.90. The highest BCUT2D eigenvalue weighted by Crippen LogP contribution is 2.53. The Morgan fingerprint density at radius 2 is 2.19 bits per heavy atom. The van der Waals surface area contributed by atoms with Gasteiger partial charge in [0.2, 0.25) is 17.7 Å². The van der Waals surface area contributed by atoms with E-state index in [4.69, 9.17) is 9.15 Å². The Labute approximate surface area is 181 Å². The first kappa shape index (κ1) is 21.0. The first-order valence-corrected chi connectivity index (χ1v) is 10.4. The van der Waals surface area contributed by atoms with Gasteiger partial charge in [-0.25, -0.2) is 4.98 Å². The van der Waals surface area contributed by atoms with E-state index in [2.05, 4.69) is 27.1 Å². The fourth-order valence-electron chi connectivity index (χ4n) is 3.72. The van der Waals surface area contributed by atoms with Crippen LogP contribution in [0.4, 0.5) is 5.82 Å². The van der Waals surface area contributed by atoms with Crippen LogP contribution in [0.1, 0.15) is 38.5 Å². The van der Waals surface area contributed by atoms with E-state index in [1.54, 1.807) is 19.3 Å². The van der Waals surface area contributed by atoms with E-state index in [1.807, 2.05) is 44.2 Å². The van der Waals surface area contributed by atoms with Gasteiger partial charge >= 0.3 is 0 Å². The molecule has 0 spiro atoms. The van der Waals surface area contributed by atoms with E-state index >= 15 is 0 Å². The molecule has 1 fully saturated rings. The highest BCUT2D eigenvalue weighted by atomic mass is 16.5. The molecule has 162 valence electrons. The molecule has 8 heteroatoms. The Morgan fingerprint density at radius 1 is 1.39 bits per heavy atom. The van der Waals surface area contributed by atoms with Gasteiger partial charge in [-0.15, -0.1) is 10.2 Å². The maximum atomic E-state index is 13.0. The molecule has 0 saturated heterocycles. The number of carbonyl (C=O) groups is 1. The van der Waals surface area contributed by atoms with Crippen LogP contribution in [0.3, 0.4) is 0 Å². The van der Waals surface area contributed by atoms with Gasteiger partial charge in [-0.2, -0.15) is 0 Å². The lowest BCUT2D eigenvalue weighted by Crippen LogP contribution is -2.51. The number of fused-ring (bicyclic) bond motifs is 1. The van der Waals surface area contributed by atoms with Gasteiger partial charge in [-0.05, 0) is 44.4 Å². The number of rotatable bonds is 7. The van der Waals surface area contributed by atoms with Gasteiger partial charge in [0.1, 0.15) is 12.1 Å². The zero-order valence-electron chi connectivity index (χ0n) is 18.0. The van der Waals surface area contributed by atoms with Gasteiger partial charge in [0.05, 0.1) is 12.0 Å². The average molecular weight is 422 g/mol. The molecular weight excluding hydrogens is 394 g/mol. The molecule has 0 radical (unpaired) electrons. The lowest BCUT2D eigenvalue weighted by atomic mass is 9.97. The smallest absolute Gasteiger partial charge is 0.248 e. The number of nitrogens with zero attached hydrogens (tertiary/aromatic N) is 4. The zero-order valence-corrected chi connectivity index (χ0v) is 18.0. The Balaban J connectivity index is 1.44. The molecular formula is C23H27N5O3. The number of anilines is 1. The van der Waals surface area contributed by atoms with Crippen LogP contribution in [-0.2, 0) is 16.8 Å². The molecule has 0 bridgehead atoms. The number of hydrogen-bond acceptors (Lipinski definition) is 7. The second-order valence-electron chi connectivity index (χ2n) is 7.90. The molecule has 1 saturated carbocycles. The summed E-state index contributed by atoms with van der Waals surface area (Å²) in [5.74, 6) is 1.95. The van der Waals surface area contributed by atoms with Crippen LogP contribution < -0.4 is 15.0 Å². The van der Waals surface area contributed by atoms with E-state index in [0.717, 1.165) is 18.4 Å². The van der Waals surface area contributed by atoms with Crippen LogP contribution in [0, 0.1) is 0 Å². The number of pyridine rings is 1. The third-order valence-electron chi connectivity index (χ3n) is 5.76. The summed E-state index contributed by atoms with van der Waals surface area (Å²) in [5, 5.41) is 11.7. The third kappa shape index (κ3) is 4.03. The third-order valence-corrected chi connectivity index (χ3v) is 5.76. The summed E-state index contributed by atoms with van der Waals surface area (Å²) in [6.07, 6.45) is 11.0. The Hall–Kier alpha value is -3.26. The van der Waals surface area contributed by atoms with Crippen LogP contribution >= 0.6 is 0 Å². The molecule has 2 aromatic heterocycles. The van der Waals surface area contributed by atoms with Crippen molar-refractivity contribution in [1.82, 2.24) is 20.5 Å². The quantitative estimate of drug-likeness (QED) is 0.687. The summed E-state index contributed by atoms with van der Waals surface area (Å²) in [4.78, 5) is 18.8. The summed E-state index contributed by atoms with van der Waals surface area (Å²) in [6.45, 7) is 8.26. The summed E-state index contributed by atoms with van der Waals surface area (Å²) in [7, 11) is 1.69. The van der Waals surface area contributed by atoms with Crippen molar-refractivity contribution in [3.63, 3.8) is 0 Å². The molecule has 1 N–H and O–H groups in total. The van der Waals surface area contributed by atoms with Crippen molar-refractivity contribution < 1.29 is 13.9 Å². The SMILES string of the molecule is C=C(/C=C\C=C/C)C1(c2nnc(CN[C@@H]3C(=O)N(C)c4ncccc4O[C@@H]3C)o2)CC1. The van der Waals surface area contributed by atoms with E-state index in [9.17, 15) is 4.79 Å². The maximum Gasteiger partial charge on any atom is 0.248 e. The fourth-order valence-corrected chi connectivity index (χ4v) is 3.72. The standard InChI is InChI=1S/C23H27N5O3/c1-5-6-7-9-15(2)23(11-12-23)22-27-26-18(31-22)14-25-19-16(3)30-17-10-8-13-24-20(17)28(4)21(19)29/h5-10,13,16,19,25H,2,11-12,14H2,1,3-4H3/b6-5-,9-7-/t16-,19+/m1/s1. The van der Waals surface area contributed by atoms with Crippen LogP contribution in [0.2, 0.25) is 0 Å². The molecule has 31 heavy (non-hydrogen) atoms. The Bertz CT molecular complexity index is 1040. The van der Waals surface area contributed by atoms with E-state index in [1.165, 1.54) is 4.90 Å². The van der Waals surface area contributed by atoms with Crippen molar-refractivity contribution in [2.75, 3.05) is 11.9 Å². The maximum absolute atomic E-state index is 13.0. The van der Waals surface area contributed by atoms with Gasteiger partial charge in [0, 0.05) is 13.2 Å². The molecule has 0 unspecified atom stereocenters. The van der Waals surface area contributed by atoms with Crippen molar-refractivity contribution in [1.29, 1.82) is 0 Å². The molecule has 1 aliphatic heterocycles. The topological polar surface area (TPSA) is 93.4 Å². The molecule has 4 rings (SSSR count). The zero-order chi connectivity index (χ0) is 22.0. The minimum Gasteiger partial charge on any atom is -0.485 e. The van der Waals surface area contributed by atoms with Gasteiger partial charge in [-0.1, -0.05) is 30.9 Å². The first-order chi connectivity index (χ1) is 15.0. The monoisotopic (exact) mass is 421 g/mol. The predicted octanol–water partition coefficient (Wildman–Crippen LogP) is 3.09. The highest BCUT2D eigenvalue weighted by molar-refractivity contribution is 5.98. The molecule has 0 aromatic carbocycles. The molecule has 8 nitrogen and oxygen atoms in total. The first-order valence-electron chi connectivity index (χ1n) is 10.4. The molecule has 2 aromatic rings. The lowest BCUT2D eigenvalue weighted by molar-refractivity contribution is -0.121.